The summed E-state index contributed by atoms with van der Waals surface area (Å²) in [4.78, 5) is 11.9. The van der Waals surface area contributed by atoms with Gasteiger partial charge in [-0.15, -0.1) is 0 Å². The van der Waals surface area contributed by atoms with Gasteiger partial charge < -0.3 is 11.1 Å². The van der Waals surface area contributed by atoms with Crippen molar-refractivity contribution in [1.29, 1.82) is 0 Å². The summed E-state index contributed by atoms with van der Waals surface area (Å²) in [6, 6.07) is 11.2. The second kappa shape index (κ2) is 5.87. The standard InChI is InChI=1S/C15H13F3N2O/c16-15(17,18)12-6-3-5-10(8-12)14(21)20-9-11-4-1-2-7-13(11)19/h1-8H,9,19H2,(H,20,21). The SMILES string of the molecule is Nc1ccccc1CNC(=O)c1cccc(C(F)(F)F)c1. The van der Waals surface area contributed by atoms with Gasteiger partial charge in [-0.1, -0.05) is 24.3 Å². The highest BCUT2D eigenvalue weighted by molar-refractivity contribution is 5.94. The minimum absolute atomic E-state index is 0.0423. The molecule has 21 heavy (non-hydrogen) atoms. The number of nitrogen functional groups attached to an aromatic ring is 1. The Morgan fingerprint density at radius 3 is 2.48 bits per heavy atom. The predicted octanol–water partition coefficient (Wildman–Crippen LogP) is 3.22. The minimum Gasteiger partial charge on any atom is -0.398 e. The molecule has 3 N–H and O–H groups in total. The lowest BCUT2D eigenvalue weighted by Gasteiger charge is -2.10. The second-order valence-electron chi connectivity index (χ2n) is 4.46. The topological polar surface area (TPSA) is 55.1 Å². The summed E-state index contributed by atoms with van der Waals surface area (Å²) >= 11 is 0. The Balaban J connectivity index is 2.09. The van der Waals surface area contributed by atoms with E-state index in [1.807, 2.05) is 0 Å². The molecule has 0 saturated carbocycles. The van der Waals surface area contributed by atoms with E-state index in [4.69, 9.17) is 5.73 Å². The second-order valence-corrected chi connectivity index (χ2v) is 4.46. The molecule has 0 fully saturated rings. The number of anilines is 1. The van der Waals surface area contributed by atoms with Gasteiger partial charge in [-0.05, 0) is 29.8 Å². The first-order chi connectivity index (χ1) is 9.88. The highest BCUT2D eigenvalue weighted by Crippen LogP contribution is 2.29. The van der Waals surface area contributed by atoms with Crippen molar-refractivity contribution in [3.05, 3.63) is 65.2 Å². The van der Waals surface area contributed by atoms with Crippen LogP contribution in [0.2, 0.25) is 0 Å². The summed E-state index contributed by atoms with van der Waals surface area (Å²) < 4.78 is 37.8. The predicted molar refractivity (Wildman–Crippen MR) is 73.5 cm³/mol. The molecule has 0 aliphatic heterocycles. The van der Waals surface area contributed by atoms with Crippen molar-refractivity contribution in [1.82, 2.24) is 5.32 Å². The lowest BCUT2D eigenvalue weighted by Crippen LogP contribution is -2.23. The van der Waals surface area contributed by atoms with Crippen LogP contribution in [0.4, 0.5) is 18.9 Å². The zero-order valence-electron chi connectivity index (χ0n) is 10.9. The van der Waals surface area contributed by atoms with Crippen LogP contribution in [0.1, 0.15) is 21.5 Å². The molecule has 2 rings (SSSR count). The van der Waals surface area contributed by atoms with Crippen molar-refractivity contribution in [3.8, 4) is 0 Å². The number of nitrogens with one attached hydrogen (secondary N) is 1. The van der Waals surface area contributed by atoms with Gasteiger partial charge in [0.25, 0.3) is 5.91 Å². The summed E-state index contributed by atoms with van der Waals surface area (Å²) in [5.41, 5.74) is 6.05. The van der Waals surface area contributed by atoms with E-state index in [0.29, 0.717) is 11.3 Å². The third kappa shape index (κ3) is 3.75. The molecule has 1 amide bonds. The summed E-state index contributed by atoms with van der Waals surface area (Å²) in [6.07, 6.45) is -4.47. The fourth-order valence-electron chi connectivity index (χ4n) is 1.81. The fraction of sp³-hybridized carbons (Fsp3) is 0.133. The van der Waals surface area contributed by atoms with E-state index < -0.39 is 17.6 Å². The number of alkyl halides is 3. The van der Waals surface area contributed by atoms with Gasteiger partial charge in [-0.3, -0.25) is 4.79 Å². The molecule has 0 atom stereocenters. The van der Waals surface area contributed by atoms with Crippen LogP contribution in [-0.2, 0) is 12.7 Å². The Labute approximate surface area is 119 Å². The Bertz CT molecular complexity index is 653. The van der Waals surface area contributed by atoms with Crippen LogP contribution in [-0.4, -0.2) is 5.91 Å². The van der Waals surface area contributed by atoms with Gasteiger partial charge in [0.05, 0.1) is 5.56 Å². The van der Waals surface area contributed by atoms with E-state index in [9.17, 15) is 18.0 Å². The molecule has 0 radical (unpaired) electrons. The number of hydrogen-bond acceptors (Lipinski definition) is 2. The smallest absolute Gasteiger partial charge is 0.398 e. The third-order valence-corrected chi connectivity index (χ3v) is 2.95. The average molecular weight is 294 g/mol. The number of para-hydroxylation sites is 1. The molecule has 6 heteroatoms. The van der Waals surface area contributed by atoms with Crippen LogP contribution in [0, 0.1) is 0 Å². The van der Waals surface area contributed by atoms with Gasteiger partial charge >= 0.3 is 6.18 Å². The molecule has 2 aromatic rings. The van der Waals surface area contributed by atoms with E-state index in [1.165, 1.54) is 12.1 Å². The Hall–Kier alpha value is -2.50. The summed E-state index contributed by atoms with van der Waals surface area (Å²) in [5, 5.41) is 2.55. The highest BCUT2D eigenvalue weighted by atomic mass is 19.4. The summed E-state index contributed by atoms with van der Waals surface area (Å²) in [6.45, 7) is 0.155. The van der Waals surface area contributed by atoms with Crippen molar-refractivity contribution in [2.24, 2.45) is 0 Å². The maximum atomic E-state index is 12.6. The molecule has 0 spiro atoms. The minimum atomic E-state index is -4.47. The maximum absolute atomic E-state index is 12.6. The molecular weight excluding hydrogens is 281 g/mol. The quantitative estimate of drug-likeness (QED) is 0.854. The van der Waals surface area contributed by atoms with Gasteiger partial charge in [0.15, 0.2) is 0 Å². The van der Waals surface area contributed by atoms with Crippen LogP contribution in [0.5, 0.6) is 0 Å². The van der Waals surface area contributed by atoms with Crippen molar-refractivity contribution in [2.75, 3.05) is 5.73 Å². The van der Waals surface area contributed by atoms with E-state index in [2.05, 4.69) is 5.32 Å². The van der Waals surface area contributed by atoms with Crippen LogP contribution in [0.3, 0.4) is 0 Å². The van der Waals surface area contributed by atoms with Crippen molar-refractivity contribution in [2.45, 2.75) is 12.7 Å². The fourth-order valence-corrected chi connectivity index (χ4v) is 1.81. The molecule has 0 unspecified atom stereocenters. The highest BCUT2D eigenvalue weighted by Gasteiger charge is 2.30. The Kier molecular flexibility index (Phi) is 4.16. The molecule has 0 heterocycles. The number of benzene rings is 2. The van der Waals surface area contributed by atoms with E-state index in [-0.39, 0.29) is 12.1 Å². The first-order valence-electron chi connectivity index (χ1n) is 6.17. The molecular formula is C15H13F3N2O. The van der Waals surface area contributed by atoms with Gasteiger partial charge in [0.2, 0.25) is 0 Å². The Morgan fingerprint density at radius 1 is 1.10 bits per heavy atom. The van der Waals surface area contributed by atoms with Crippen LogP contribution < -0.4 is 11.1 Å². The van der Waals surface area contributed by atoms with Gasteiger partial charge in [0.1, 0.15) is 0 Å². The molecule has 0 aromatic heterocycles. The summed E-state index contributed by atoms with van der Waals surface area (Å²) in [5.74, 6) is -0.579. The van der Waals surface area contributed by atoms with Crippen molar-refractivity contribution >= 4 is 11.6 Å². The first-order valence-corrected chi connectivity index (χ1v) is 6.17. The zero-order valence-corrected chi connectivity index (χ0v) is 10.9. The van der Waals surface area contributed by atoms with Crippen LogP contribution >= 0.6 is 0 Å². The van der Waals surface area contributed by atoms with E-state index in [0.717, 1.165) is 12.1 Å². The molecule has 0 bridgehead atoms. The average Bonchev–Trinajstić information content (AvgIpc) is 2.45. The van der Waals surface area contributed by atoms with Crippen LogP contribution in [0.25, 0.3) is 0 Å². The lowest BCUT2D eigenvalue weighted by atomic mass is 10.1. The van der Waals surface area contributed by atoms with E-state index in [1.54, 1.807) is 24.3 Å². The number of halogens is 3. The largest absolute Gasteiger partial charge is 0.416 e. The Morgan fingerprint density at radius 2 is 1.81 bits per heavy atom. The normalized spacial score (nSPS) is 11.2. The van der Waals surface area contributed by atoms with Gasteiger partial charge in [-0.25, -0.2) is 0 Å². The monoisotopic (exact) mass is 294 g/mol. The van der Waals surface area contributed by atoms with Gasteiger partial charge in [-0.2, -0.15) is 13.2 Å². The molecule has 0 aliphatic carbocycles. The molecule has 2 aromatic carbocycles. The third-order valence-electron chi connectivity index (χ3n) is 2.95. The first kappa shape index (κ1) is 14.9. The van der Waals surface area contributed by atoms with Crippen LogP contribution in [0.15, 0.2) is 48.5 Å². The summed E-state index contributed by atoms with van der Waals surface area (Å²) in [7, 11) is 0. The maximum Gasteiger partial charge on any atom is 0.416 e. The zero-order chi connectivity index (χ0) is 15.5. The number of carbonyl (C=O) groups is 1. The van der Waals surface area contributed by atoms with Crippen molar-refractivity contribution < 1.29 is 18.0 Å². The number of carbonyl (C=O) groups excluding carboxylic acids is 1. The molecule has 0 saturated heterocycles. The van der Waals surface area contributed by atoms with E-state index >= 15 is 0 Å². The molecule has 0 aliphatic rings. The number of hydrogen-bond donors (Lipinski definition) is 2. The lowest BCUT2D eigenvalue weighted by molar-refractivity contribution is -0.137. The molecule has 3 nitrogen and oxygen atoms in total. The van der Waals surface area contributed by atoms with Gasteiger partial charge in [0, 0.05) is 17.8 Å². The number of nitrogens with two attached hydrogens (primary N) is 1. The molecule has 110 valence electrons. The van der Waals surface area contributed by atoms with Crippen molar-refractivity contribution in [3.63, 3.8) is 0 Å². The number of amides is 1. The number of rotatable bonds is 3.